The summed E-state index contributed by atoms with van der Waals surface area (Å²) in [5, 5.41) is 2.88. The smallest absolute Gasteiger partial charge is 0.410 e. The van der Waals surface area contributed by atoms with Gasteiger partial charge in [-0.1, -0.05) is 12.1 Å². The van der Waals surface area contributed by atoms with Crippen molar-refractivity contribution in [2.45, 2.75) is 26.4 Å². The summed E-state index contributed by atoms with van der Waals surface area (Å²) in [6, 6.07) is 8.77. The zero-order chi connectivity index (χ0) is 30.6. The molecule has 1 aromatic carbocycles. The summed E-state index contributed by atoms with van der Waals surface area (Å²) in [4.78, 5) is 57.0. The van der Waals surface area contributed by atoms with Gasteiger partial charge in [0.05, 0.1) is 42.7 Å². The topological polar surface area (TPSA) is 156 Å². The third kappa shape index (κ3) is 7.17. The fraction of sp³-hybridized carbons (Fsp3) is 0.400. The molecule has 226 valence electrons. The maximum Gasteiger partial charge on any atom is 0.410 e. The Labute approximate surface area is 250 Å². The van der Waals surface area contributed by atoms with Crippen LogP contribution in [0.25, 0.3) is 11.3 Å². The summed E-state index contributed by atoms with van der Waals surface area (Å²) in [7, 11) is 0. The lowest BCUT2D eigenvalue weighted by Gasteiger charge is -2.35. The summed E-state index contributed by atoms with van der Waals surface area (Å²) in [6.45, 7) is 9.69. The molecule has 2 aliphatic rings. The Kier molecular flexibility index (Phi) is 8.71. The van der Waals surface area contributed by atoms with Crippen molar-refractivity contribution in [3.05, 3.63) is 60.2 Å². The number of nitrogens with one attached hydrogen (secondary N) is 1. The molecule has 13 heteroatoms. The van der Waals surface area contributed by atoms with Gasteiger partial charge in [-0.05, 0) is 39.0 Å². The summed E-state index contributed by atoms with van der Waals surface area (Å²) in [5.74, 6) is -0.645. The molecule has 0 saturated carbocycles. The largest absolute Gasteiger partial charge is 0.444 e. The van der Waals surface area contributed by atoms with Gasteiger partial charge in [0.15, 0.2) is 11.5 Å². The summed E-state index contributed by atoms with van der Waals surface area (Å²) >= 11 is 0. The van der Waals surface area contributed by atoms with Gasteiger partial charge in [-0.25, -0.2) is 14.8 Å². The molecule has 3 amide bonds. The molecule has 2 saturated heterocycles. The molecule has 43 heavy (non-hydrogen) atoms. The molecule has 2 fully saturated rings. The first-order valence-electron chi connectivity index (χ1n) is 14.2. The highest BCUT2D eigenvalue weighted by molar-refractivity contribution is 6.07. The van der Waals surface area contributed by atoms with E-state index in [1.54, 1.807) is 46.5 Å². The summed E-state index contributed by atoms with van der Waals surface area (Å²) in [6.07, 6.45) is 4.37. The average molecular weight is 589 g/mol. The predicted molar refractivity (Wildman–Crippen MR) is 161 cm³/mol. The first kappa shape index (κ1) is 29.7. The van der Waals surface area contributed by atoms with Crippen LogP contribution in [-0.2, 0) is 9.47 Å². The molecule has 0 aliphatic carbocycles. The Hall–Kier alpha value is -4.78. The van der Waals surface area contributed by atoms with Crippen LogP contribution in [0.5, 0.6) is 0 Å². The van der Waals surface area contributed by atoms with Crippen LogP contribution in [0.3, 0.4) is 0 Å². The highest BCUT2D eigenvalue weighted by Crippen LogP contribution is 2.27. The molecule has 0 unspecified atom stereocenters. The van der Waals surface area contributed by atoms with Crippen molar-refractivity contribution in [3.63, 3.8) is 0 Å². The number of aromatic nitrogens is 3. The van der Waals surface area contributed by atoms with E-state index >= 15 is 0 Å². The molecule has 0 atom stereocenters. The normalized spacial score (nSPS) is 15.7. The Morgan fingerprint density at radius 2 is 1.60 bits per heavy atom. The second-order valence-electron chi connectivity index (χ2n) is 11.3. The molecule has 4 heterocycles. The van der Waals surface area contributed by atoms with Gasteiger partial charge in [0.1, 0.15) is 5.60 Å². The maximum atomic E-state index is 13.3. The standard InChI is InChI=1S/C30H36N8O5/c1-30(2,3)43-29(41)38-12-10-37(11-13-38)28(40)21-6-4-20(5-7-21)22-19-33-26(31)25(34-22)27(39)35-23-18-32-9-8-24(23)36-14-16-42-17-15-36/h4-9,18-19H,10-17H2,1-3H3,(H2,31,33)(H,35,39). The zero-order valence-electron chi connectivity index (χ0n) is 24.6. The minimum atomic E-state index is -0.572. The van der Waals surface area contributed by atoms with Crippen LogP contribution in [0.2, 0.25) is 0 Å². The van der Waals surface area contributed by atoms with Crippen molar-refractivity contribution in [2.75, 3.05) is 68.4 Å². The number of nitrogens with zero attached hydrogens (tertiary/aromatic N) is 6. The number of carbonyl (C=O) groups is 3. The van der Waals surface area contributed by atoms with Crippen molar-refractivity contribution < 1.29 is 23.9 Å². The Bertz CT molecular complexity index is 1480. The van der Waals surface area contributed by atoms with E-state index in [1.807, 2.05) is 26.8 Å². The minimum absolute atomic E-state index is 0.00427. The van der Waals surface area contributed by atoms with Gasteiger partial charge in [0.25, 0.3) is 11.8 Å². The fourth-order valence-electron chi connectivity index (χ4n) is 4.83. The second kappa shape index (κ2) is 12.6. The number of morpholine rings is 1. The van der Waals surface area contributed by atoms with E-state index in [1.165, 1.54) is 6.20 Å². The van der Waals surface area contributed by atoms with E-state index in [-0.39, 0.29) is 23.5 Å². The van der Waals surface area contributed by atoms with E-state index in [4.69, 9.17) is 15.2 Å². The zero-order valence-corrected chi connectivity index (χ0v) is 24.6. The molecule has 3 N–H and O–H groups in total. The summed E-state index contributed by atoms with van der Waals surface area (Å²) < 4.78 is 10.9. The van der Waals surface area contributed by atoms with Crippen LogP contribution in [0.1, 0.15) is 41.6 Å². The average Bonchev–Trinajstić information content (AvgIpc) is 3.01. The van der Waals surface area contributed by atoms with Crippen LogP contribution in [-0.4, -0.2) is 101 Å². The summed E-state index contributed by atoms with van der Waals surface area (Å²) in [5.41, 5.74) is 8.44. The van der Waals surface area contributed by atoms with Gasteiger partial charge >= 0.3 is 6.09 Å². The lowest BCUT2D eigenvalue weighted by Crippen LogP contribution is -2.51. The van der Waals surface area contributed by atoms with Crippen molar-refractivity contribution in [3.8, 4) is 11.3 Å². The second-order valence-corrected chi connectivity index (χ2v) is 11.3. The minimum Gasteiger partial charge on any atom is -0.444 e. The monoisotopic (exact) mass is 588 g/mol. The van der Waals surface area contributed by atoms with E-state index in [0.717, 1.165) is 5.69 Å². The van der Waals surface area contributed by atoms with E-state index < -0.39 is 11.5 Å². The van der Waals surface area contributed by atoms with Gasteiger partial charge in [-0.3, -0.25) is 14.6 Å². The number of nitrogens with two attached hydrogens (primary N) is 1. The highest BCUT2D eigenvalue weighted by atomic mass is 16.6. The molecule has 3 aromatic rings. The van der Waals surface area contributed by atoms with E-state index in [2.05, 4.69) is 25.2 Å². The highest BCUT2D eigenvalue weighted by Gasteiger charge is 2.28. The molecule has 0 spiro atoms. The van der Waals surface area contributed by atoms with Crippen molar-refractivity contribution >= 4 is 35.1 Å². The van der Waals surface area contributed by atoms with Gasteiger partial charge < -0.3 is 35.2 Å². The number of ether oxygens (including phenoxy) is 2. The molecule has 0 radical (unpaired) electrons. The van der Waals surface area contributed by atoms with Crippen molar-refractivity contribution in [1.29, 1.82) is 0 Å². The van der Waals surface area contributed by atoms with Crippen LogP contribution < -0.4 is 16.0 Å². The van der Waals surface area contributed by atoms with Crippen LogP contribution in [0, 0.1) is 0 Å². The van der Waals surface area contributed by atoms with Gasteiger partial charge in [0.2, 0.25) is 0 Å². The SMILES string of the molecule is CC(C)(C)OC(=O)N1CCN(C(=O)c2ccc(-c3cnc(N)c(C(=O)Nc4cnccc4N4CCOCC4)n3)cc2)CC1. The first-order chi connectivity index (χ1) is 20.6. The number of nitrogen functional groups attached to an aromatic ring is 1. The van der Waals surface area contributed by atoms with Crippen LogP contribution in [0.4, 0.5) is 22.0 Å². The number of pyridine rings is 1. The molecule has 13 nitrogen and oxygen atoms in total. The van der Waals surface area contributed by atoms with Gasteiger partial charge in [-0.2, -0.15) is 0 Å². The molecule has 2 aliphatic heterocycles. The maximum absolute atomic E-state index is 13.3. The molecule has 0 bridgehead atoms. The lowest BCUT2D eigenvalue weighted by molar-refractivity contribution is 0.0141. The Balaban J connectivity index is 1.24. The molecular formula is C30H36N8O5. The van der Waals surface area contributed by atoms with Gasteiger partial charge in [0, 0.05) is 56.6 Å². The number of amides is 3. The van der Waals surface area contributed by atoms with Crippen molar-refractivity contribution in [1.82, 2.24) is 24.8 Å². The number of piperazine rings is 1. The van der Waals surface area contributed by atoms with Gasteiger partial charge in [-0.15, -0.1) is 0 Å². The molecular weight excluding hydrogens is 552 g/mol. The van der Waals surface area contributed by atoms with Crippen molar-refractivity contribution in [2.24, 2.45) is 0 Å². The Morgan fingerprint density at radius 3 is 2.28 bits per heavy atom. The quantitative estimate of drug-likeness (QED) is 0.454. The third-order valence-electron chi connectivity index (χ3n) is 7.06. The van der Waals surface area contributed by atoms with Crippen LogP contribution >= 0.6 is 0 Å². The van der Waals surface area contributed by atoms with Crippen LogP contribution in [0.15, 0.2) is 48.9 Å². The molecule has 5 rings (SSSR count). The fourth-order valence-corrected chi connectivity index (χ4v) is 4.83. The number of benzene rings is 1. The third-order valence-corrected chi connectivity index (χ3v) is 7.06. The van der Waals surface area contributed by atoms with E-state index in [0.29, 0.717) is 75.0 Å². The number of carbonyl (C=O) groups excluding carboxylic acids is 3. The predicted octanol–water partition coefficient (Wildman–Crippen LogP) is 2.90. The number of hydrogen-bond acceptors (Lipinski definition) is 10. The number of rotatable bonds is 5. The molecule has 2 aromatic heterocycles. The van der Waals surface area contributed by atoms with E-state index in [9.17, 15) is 14.4 Å². The number of hydrogen-bond donors (Lipinski definition) is 2. The lowest BCUT2D eigenvalue weighted by atomic mass is 10.1. The Morgan fingerprint density at radius 1 is 0.930 bits per heavy atom. The first-order valence-corrected chi connectivity index (χ1v) is 14.2. The number of anilines is 3.